The highest BCUT2D eigenvalue weighted by Gasteiger charge is 2.13. The Kier molecular flexibility index (Phi) is 5.92. The van der Waals surface area contributed by atoms with Crippen LogP contribution in [0.4, 0.5) is 10.5 Å². The van der Waals surface area contributed by atoms with Crippen molar-refractivity contribution in [3.8, 4) is 5.75 Å². The predicted molar refractivity (Wildman–Crippen MR) is 75.9 cm³/mol. The van der Waals surface area contributed by atoms with Crippen LogP contribution in [0.2, 0.25) is 5.02 Å². The van der Waals surface area contributed by atoms with Gasteiger partial charge in [0, 0.05) is 0 Å². The van der Waals surface area contributed by atoms with Crippen LogP contribution in [-0.4, -0.2) is 29.9 Å². The molecule has 0 heterocycles. The number of rotatable bonds is 5. The second kappa shape index (κ2) is 7.21. The number of hydrogen-bond donors (Lipinski definition) is 3. The largest absolute Gasteiger partial charge is 0.487 e. The molecule has 2 amide bonds. The third kappa shape index (κ3) is 4.96. The van der Waals surface area contributed by atoms with Gasteiger partial charge in [-0.25, -0.2) is 4.79 Å². The van der Waals surface area contributed by atoms with E-state index in [0.29, 0.717) is 16.5 Å². The molecule has 0 unspecified atom stereocenters. The molecule has 0 spiro atoms. The molecule has 0 aliphatic carbocycles. The number of aliphatic hydroxyl groups excluding tert-OH is 1. The minimum Gasteiger partial charge on any atom is -0.487 e. The first-order valence-corrected chi connectivity index (χ1v) is 6.45. The van der Waals surface area contributed by atoms with Crippen LogP contribution in [0.5, 0.6) is 5.75 Å². The highest BCUT2D eigenvalue weighted by Crippen LogP contribution is 2.33. The van der Waals surface area contributed by atoms with Gasteiger partial charge in [-0.2, -0.15) is 0 Å². The van der Waals surface area contributed by atoms with Gasteiger partial charge in [-0.05, 0) is 32.9 Å². The molecule has 0 fully saturated rings. The Balaban J connectivity index is 2.82. The summed E-state index contributed by atoms with van der Waals surface area (Å²) in [5.74, 6) is 0.436. The SMILES string of the molecule is CC(C)Oc1c(Cl)cccc1NC(=O)N[C@@H](C)CO. The number of carbonyl (C=O) groups is 1. The van der Waals surface area contributed by atoms with Gasteiger partial charge in [-0.3, -0.25) is 0 Å². The van der Waals surface area contributed by atoms with Gasteiger partial charge in [-0.1, -0.05) is 17.7 Å². The van der Waals surface area contributed by atoms with Crippen molar-refractivity contribution in [3.05, 3.63) is 23.2 Å². The Labute approximate surface area is 117 Å². The predicted octanol–water partition coefficient (Wildman–Crippen LogP) is 2.63. The fourth-order valence-corrected chi connectivity index (χ4v) is 1.61. The number of para-hydroxylation sites is 1. The second-order valence-electron chi connectivity index (χ2n) is 4.47. The fourth-order valence-electron chi connectivity index (χ4n) is 1.39. The number of aliphatic hydroxyl groups is 1. The molecule has 3 N–H and O–H groups in total. The Morgan fingerprint density at radius 3 is 2.68 bits per heavy atom. The van der Waals surface area contributed by atoms with Crippen LogP contribution in [0.15, 0.2) is 18.2 Å². The van der Waals surface area contributed by atoms with Crippen molar-refractivity contribution in [3.63, 3.8) is 0 Å². The molecular formula is C13H19ClN2O3. The molecule has 1 aromatic rings. The van der Waals surface area contributed by atoms with Crippen LogP contribution in [0.25, 0.3) is 0 Å². The van der Waals surface area contributed by atoms with Crippen molar-refractivity contribution in [1.29, 1.82) is 0 Å². The van der Waals surface area contributed by atoms with Crippen LogP contribution in [0.3, 0.4) is 0 Å². The highest BCUT2D eigenvalue weighted by atomic mass is 35.5. The minimum atomic E-state index is -0.419. The van der Waals surface area contributed by atoms with Crippen LogP contribution in [0.1, 0.15) is 20.8 Å². The van der Waals surface area contributed by atoms with Gasteiger partial charge in [0.1, 0.15) is 0 Å². The standard InChI is InChI=1S/C13H19ClN2O3/c1-8(2)19-12-10(14)5-4-6-11(12)16-13(18)15-9(3)7-17/h4-6,8-9,17H,7H2,1-3H3,(H2,15,16,18)/t9-/m0/s1. The highest BCUT2D eigenvalue weighted by molar-refractivity contribution is 6.32. The van der Waals surface area contributed by atoms with E-state index in [4.69, 9.17) is 21.4 Å². The first-order chi connectivity index (χ1) is 8.93. The van der Waals surface area contributed by atoms with E-state index in [9.17, 15) is 4.79 Å². The first-order valence-electron chi connectivity index (χ1n) is 6.07. The molecule has 1 atom stereocenters. The van der Waals surface area contributed by atoms with E-state index in [1.807, 2.05) is 13.8 Å². The molecule has 1 aromatic carbocycles. The molecule has 0 aliphatic heterocycles. The number of hydrogen-bond acceptors (Lipinski definition) is 3. The molecule has 5 nitrogen and oxygen atoms in total. The maximum absolute atomic E-state index is 11.7. The van der Waals surface area contributed by atoms with Crippen LogP contribution in [-0.2, 0) is 0 Å². The van der Waals surface area contributed by atoms with Gasteiger partial charge in [0.25, 0.3) is 0 Å². The number of halogens is 1. The summed E-state index contributed by atoms with van der Waals surface area (Å²) in [7, 11) is 0. The van der Waals surface area contributed by atoms with Gasteiger partial charge >= 0.3 is 6.03 Å². The Morgan fingerprint density at radius 1 is 1.42 bits per heavy atom. The third-order valence-electron chi connectivity index (χ3n) is 2.22. The molecule has 0 aromatic heterocycles. The molecule has 0 saturated carbocycles. The monoisotopic (exact) mass is 286 g/mol. The van der Waals surface area contributed by atoms with Crippen molar-refractivity contribution < 1.29 is 14.6 Å². The summed E-state index contributed by atoms with van der Waals surface area (Å²) < 4.78 is 5.58. The average Bonchev–Trinajstić information content (AvgIpc) is 2.33. The maximum Gasteiger partial charge on any atom is 0.319 e. The molecule has 0 saturated heterocycles. The number of nitrogens with one attached hydrogen (secondary N) is 2. The van der Waals surface area contributed by atoms with E-state index in [0.717, 1.165) is 0 Å². The minimum absolute atomic E-state index is 0.0557. The lowest BCUT2D eigenvalue weighted by molar-refractivity contribution is 0.228. The van der Waals surface area contributed by atoms with Crippen LogP contribution in [0, 0.1) is 0 Å². The normalized spacial score (nSPS) is 12.1. The number of anilines is 1. The third-order valence-corrected chi connectivity index (χ3v) is 2.52. The quantitative estimate of drug-likeness (QED) is 0.779. The Bertz CT molecular complexity index is 438. The van der Waals surface area contributed by atoms with Crippen molar-refractivity contribution in [2.24, 2.45) is 0 Å². The number of ether oxygens (including phenoxy) is 1. The lowest BCUT2D eigenvalue weighted by atomic mass is 10.3. The number of benzene rings is 1. The van der Waals surface area contributed by atoms with E-state index < -0.39 is 6.03 Å². The zero-order chi connectivity index (χ0) is 14.4. The van der Waals surface area contributed by atoms with E-state index in [1.165, 1.54) is 0 Å². The van der Waals surface area contributed by atoms with Gasteiger partial charge in [0.15, 0.2) is 5.75 Å². The van der Waals surface area contributed by atoms with Crippen molar-refractivity contribution in [2.75, 3.05) is 11.9 Å². The smallest absolute Gasteiger partial charge is 0.319 e. The van der Waals surface area contributed by atoms with E-state index >= 15 is 0 Å². The fraction of sp³-hybridized carbons (Fsp3) is 0.462. The molecule has 6 heteroatoms. The molecule has 19 heavy (non-hydrogen) atoms. The van der Waals surface area contributed by atoms with Crippen LogP contribution < -0.4 is 15.4 Å². The Hall–Kier alpha value is -1.46. The molecule has 1 rings (SSSR count). The van der Waals surface area contributed by atoms with Crippen molar-refractivity contribution in [1.82, 2.24) is 5.32 Å². The Morgan fingerprint density at radius 2 is 2.11 bits per heavy atom. The lowest BCUT2D eigenvalue weighted by Crippen LogP contribution is -2.38. The van der Waals surface area contributed by atoms with E-state index in [1.54, 1.807) is 25.1 Å². The van der Waals surface area contributed by atoms with Crippen LogP contribution >= 0.6 is 11.6 Å². The lowest BCUT2D eigenvalue weighted by Gasteiger charge is -2.17. The average molecular weight is 287 g/mol. The van der Waals surface area contributed by atoms with E-state index in [-0.39, 0.29) is 18.8 Å². The maximum atomic E-state index is 11.7. The second-order valence-corrected chi connectivity index (χ2v) is 4.87. The number of amides is 2. The zero-order valence-corrected chi connectivity index (χ0v) is 12.0. The summed E-state index contributed by atoms with van der Waals surface area (Å²) >= 11 is 6.05. The van der Waals surface area contributed by atoms with Crippen molar-refractivity contribution in [2.45, 2.75) is 32.9 Å². The molecule has 106 valence electrons. The molecule has 0 radical (unpaired) electrons. The topological polar surface area (TPSA) is 70.6 Å². The summed E-state index contributed by atoms with van der Waals surface area (Å²) in [6.45, 7) is 5.32. The number of urea groups is 1. The van der Waals surface area contributed by atoms with Gasteiger partial charge in [0.2, 0.25) is 0 Å². The number of carbonyl (C=O) groups excluding carboxylic acids is 1. The van der Waals surface area contributed by atoms with Gasteiger partial charge < -0.3 is 20.5 Å². The summed E-state index contributed by atoms with van der Waals surface area (Å²) in [5, 5.41) is 14.5. The zero-order valence-electron chi connectivity index (χ0n) is 11.2. The summed E-state index contributed by atoms with van der Waals surface area (Å²) in [5.41, 5.74) is 0.490. The van der Waals surface area contributed by atoms with Gasteiger partial charge in [-0.15, -0.1) is 0 Å². The van der Waals surface area contributed by atoms with Crippen molar-refractivity contribution >= 4 is 23.3 Å². The molecule has 0 aliphatic rings. The summed E-state index contributed by atoms with van der Waals surface area (Å²) in [6, 6.07) is 4.37. The first kappa shape index (κ1) is 15.6. The van der Waals surface area contributed by atoms with Gasteiger partial charge in [0.05, 0.1) is 29.5 Å². The summed E-state index contributed by atoms with van der Waals surface area (Å²) in [4.78, 5) is 11.7. The molecular weight excluding hydrogens is 268 g/mol. The van der Waals surface area contributed by atoms with E-state index in [2.05, 4.69) is 10.6 Å². The summed E-state index contributed by atoms with van der Waals surface area (Å²) in [6.07, 6.45) is -0.0557. The molecule has 0 bridgehead atoms.